The van der Waals surface area contributed by atoms with E-state index in [-0.39, 0.29) is 5.28 Å². The van der Waals surface area contributed by atoms with Crippen LogP contribution in [-0.2, 0) is 0 Å². The molecule has 0 atom stereocenters. The molecule has 0 saturated heterocycles. The van der Waals surface area contributed by atoms with Crippen LogP contribution in [0.5, 0.6) is 0 Å². The van der Waals surface area contributed by atoms with Crippen molar-refractivity contribution in [1.29, 1.82) is 0 Å². The Kier molecular flexibility index (Phi) is 5.08. The van der Waals surface area contributed by atoms with Gasteiger partial charge in [-0.05, 0) is 48.0 Å². The van der Waals surface area contributed by atoms with Gasteiger partial charge < -0.3 is 5.32 Å². The fraction of sp³-hybridized carbons (Fsp3) is 0.250. The number of nitrogens with one attached hydrogen (secondary N) is 1. The fourth-order valence-electron chi connectivity index (χ4n) is 1.34. The fourth-order valence-corrected chi connectivity index (χ4v) is 2.32. The summed E-state index contributed by atoms with van der Waals surface area (Å²) in [6.45, 7) is 2.71. The molecule has 106 valence electrons. The average molecular weight is 317 g/mol. The lowest BCUT2D eigenvalue weighted by molar-refractivity contribution is 0.506. The molecule has 2 rings (SSSR count). The lowest BCUT2D eigenvalue weighted by atomic mass is 10.3. The quantitative estimate of drug-likeness (QED) is 0.909. The minimum Gasteiger partial charge on any atom is -0.354 e. The monoisotopic (exact) mass is 316 g/mol. The topological polar surface area (TPSA) is 50.7 Å². The van der Waals surface area contributed by atoms with Crippen molar-refractivity contribution < 1.29 is 8.78 Å². The lowest BCUT2D eigenvalue weighted by Gasteiger charge is -2.05. The van der Waals surface area contributed by atoms with Crippen LogP contribution in [0.25, 0.3) is 0 Å². The Morgan fingerprint density at radius 1 is 1.20 bits per heavy atom. The first kappa shape index (κ1) is 14.9. The number of aromatic nitrogens is 3. The molecule has 0 amide bonds. The van der Waals surface area contributed by atoms with E-state index in [9.17, 15) is 8.78 Å². The highest BCUT2D eigenvalue weighted by Crippen LogP contribution is 2.27. The van der Waals surface area contributed by atoms with E-state index in [1.807, 2.05) is 6.92 Å². The second-order valence-corrected chi connectivity index (χ2v) is 5.19. The van der Waals surface area contributed by atoms with Crippen LogP contribution >= 0.6 is 23.4 Å². The van der Waals surface area contributed by atoms with Gasteiger partial charge >= 0.3 is 0 Å². The second kappa shape index (κ2) is 6.81. The Bertz CT molecular complexity index is 612. The SMILES string of the molecule is CCCNc1nc(Cl)nc(Sc2ccc(F)c(F)c2)n1. The third kappa shape index (κ3) is 4.01. The third-order valence-corrected chi connectivity index (χ3v) is 3.24. The number of rotatable bonds is 5. The summed E-state index contributed by atoms with van der Waals surface area (Å²) in [5, 5.41) is 3.35. The summed E-state index contributed by atoms with van der Waals surface area (Å²) >= 11 is 6.88. The summed E-state index contributed by atoms with van der Waals surface area (Å²) in [5.74, 6) is -1.45. The van der Waals surface area contributed by atoms with Crippen molar-refractivity contribution in [2.24, 2.45) is 0 Å². The molecule has 0 fully saturated rings. The molecule has 0 saturated carbocycles. The van der Waals surface area contributed by atoms with Crippen molar-refractivity contribution in [3.05, 3.63) is 35.1 Å². The van der Waals surface area contributed by atoms with E-state index >= 15 is 0 Å². The molecule has 1 aromatic heterocycles. The molecule has 0 bridgehead atoms. The zero-order valence-corrected chi connectivity index (χ0v) is 12.1. The maximum absolute atomic E-state index is 13.1. The van der Waals surface area contributed by atoms with E-state index in [1.54, 1.807) is 0 Å². The summed E-state index contributed by atoms with van der Waals surface area (Å²) < 4.78 is 26.0. The van der Waals surface area contributed by atoms with Gasteiger partial charge in [-0.15, -0.1) is 0 Å². The van der Waals surface area contributed by atoms with Gasteiger partial charge in [0.05, 0.1) is 0 Å². The molecule has 0 unspecified atom stereocenters. The first-order valence-electron chi connectivity index (χ1n) is 5.87. The van der Waals surface area contributed by atoms with Gasteiger partial charge in [-0.3, -0.25) is 0 Å². The zero-order chi connectivity index (χ0) is 14.5. The largest absolute Gasteiger partial charge is 0.354 e. The van der Waals surface area contributed by atoms with Crippen LogP contribution in [0, 0.1) is 11.6 Å². The van der Waals surface area contributed by atoms with Crippen LogP contribution in [0.15, 0.2) is 28.3 Å². The van der Waals surface area contributed by atoms with E-state index in [0.717, 1.165) is 30.3 Å². The molecule has 0 spiro atoms. The van der Waals surface area contributed by atoms with Crippen molar-refractivity contribution in [3.63, 3.8) is 0 Å². The molecular formula is C12H11ClF2N4S. The number of nitrogens with zero attached hydrogens (tertiary/aromatic N) is 3. The maximum atomic E-state index is 13.1. The molecule has 0 aliphatic rings. The number of halogens is 3. The van der Waals surface area contributed by atoms with E-state index in [1.165, 1.54) is 6.07 Å². The summed E-state index contributed by atoms with van der Waals surface area (Å²) in [4.78, 5) is 12.5. The van der Waals surface area contributed by atoms with Gasteiger partial charge in [-0.1, -0.05) is 6.92 Å². The smallest absolute Gasteiger partial charge is 0.228 e. The van der Waals surface area contributed by atoms with Gasteiger partial charge in [-0.2, -0.15) is 15.0 Å². The first-order chi connectivity index (χ1) is 9.58. The van der Waals surface area contributed by atoms with Crippen LogP contribution < -0.4 is 5.32 Å². The van der Waals surface area contributed by atoms with Gasteiger partial charge in [0.25, 0.3) is 0 Å². The number of hydrogen-bond donors (Lipinski definition) is 1. The van der Waals surface area contributed by atoms with Crippen molar-refractivity contribution in [2.75, 3.05) is 11.9 Å². The van der Waals surface area contributed by atoms with Gasteiger partial charge in [0.15, 0.2) is 16.8 Å². The molecule has 1 aromatic carbocycles. The van der Waals surface area contributed by atoms with Crippen molar-refractivity contribution in [1.82, 2.24) is 15.0 Å². The molecule has 8 heteroatoms. The molecule has 0 aliphatic carbocycles. The van der Waals surface area contributed by atoms with Crippen molar-refractivity contribution >= 4 is 29.3 Å². The molecule has 2 aromatic rings. The molecule has 0 aliphatic heterocycles. The maximum Gasteiger partial charge on any atom is 0.228 e. The van der Waals surface area contributed by atoms with Crippen LogP contribution in [0.4, 0.5) is 14.7 Å². The average Bonchev–Trinajstić information content (AvgIpc) is 2.40. The molecule has 1 N–H and O–H groups in total. The van der Waals surface area contributed by atoms with Gasteiger partial charge in [0.2, 0.25) is 11.2 Å². The summed E-state index contributed by atoms with van der Waals surface area (Å²) in [6, 6.07) is 3.58. The van der Waals surface area contributed by atoms with Crippen molar-refractivity contribution in [3.8, 4) is 0 Å². The number of benzene rings is 1. The van der Waals surface area contributed by atoms with Crippen molar-refractivity contribution in [2.45, 2.75) is 23.4 Å². The van der Waals surface area contributed by atoms with E-state index < -0.39 is 11.6 Å². The summed E-state index contributed by atoms with van der Waals surface area (Å²) in [7, 11) is 0. The number of hydrogen-bond acceptors (Lipinski definition) is 5. The predicted octanol–water partition coefficient (Wildman–Crippen LogP) is 3.78. The van der Waals surface area contributed by atoms with Gasteiger partial charge in [0.1, 0.15) is 0 Å². The minimum absolute atomic E-state index is 0.0451. The highest BCUT2D eigenvalue weighted by atomic mass is 35.5. The van der Waals surface area contributed by atoms with Gasteiger partial charge in [0, 0.05) is 11.4 Å². The third-order valence-electron chi connectivity index (χ3n) is 2.22. The van der Waals surface area contributed by atoms with E-state index in [0.29, 0.717) is 22.5 Å². The minimum atomic E-state index is -0.917. The normalized spacial score (nSPS) is 10.6. The van der Waals surface area contributed by atoms with E-state index in [2.05, 4.69) is 20.3 Å². The Morgan fingerprint density at radius 2 is 2.00 bits per heavy atom. The Hall–Kier alpha value is -1.47. The highest BCUT2D eigenvalue weighted by Gasteiger charge is 2.09. The standard InChI is InChI=1S/C12H11ClF2N4S/c1-2-5-16-11-17-10(13)18-12(19-11)20-7-3-4-8(14)9(15)6-7/h3-4,6H,2,5H2,1H3,(H,16,17,18,19). The van der Waals surface area contributed by atoms with Crippen LogP contribution in [-0.4, -0.2) is 21.5 Å². The molecule has 0 radical (unpaired) electrons. The summed E-state index contributed by atoms with van der Waals surface area (Å²) in [5.41, 5.74) is 0. The lowest BCUT2D eigenvalue weighted by Crippen LogP contribution is -2.06. The van der Waals surface area contributed by atoms with E-state index in [4.69, 9.17) is 11.6 Å². The molecule has 1 heterocycles. The Balaban J connectivity index is 2.19. The molecule has 20 heavy (non-hydrogen) atoms. The molecular weight excluding hydrogens is 306 g/mol. The summed E-state index contributed by atoms with van der Waals surface area (Å²) in [6.07, 6.45) is 0.912. The predicted molar refractivity (Wildman–Crippen MR) is 74.1 cm³/mol. The van der Waals surface area contributed by atoms with Crippen LogP contribution in [0.1, 0.15) is 13.3 Å². The van der Waals surface area contributed by atoms with Crippen LogP contribution in [0.3, 0.4) is 0 Å². The second-order valence-electron chi connectivity index (χ2n) is 3.82. The Labute approximate surface area is 124 Å². The zero-order valence-electron chi connectivity index (χ0n) is 10.5. The van der Waals surface area contributed by atoms with Gasteiger partial charge in [-0.25, -0.2) is 8.78 Å². The Morgan fingerprint density at radius 3 is 2.70 bits per heavy atom. The number of anilines is 1. The first-order valence-corrected chi connectivity index (χ1v) is 7.06. The molecule has 4 nitrogen and oxygen atoms in total. The highest BCUT2D eigenvalue weighted by molar-refractivity contribution is 7.99. The van der Waals surface area contributed by atoms with Crippen LogP contribution in [0.2, 0.25) is 5.28 Å².